The summed E-state index contributed by atoms with van der Waals surface area (Å²) in [6.07, 6.45) is 0.428. The van der Waals surface area contributed by atoms with Crippen LogP contribution >= 0.6 is 0 Å². The third-order valence-electron chi connectivity index (χ3n) is 2.98. The van der Waals surface area contributed by atoms with E-state index in [0.717, 1.165) is 0 Å². The molecule has 1 rings (SSSR count). The first-order valence-corrected chi connectivity index (χ1v) is 6.32. The van der Waals surface area contributed by atoms with Crippen molar-refractivity contribution in [3.05, 3.63) is 23.8 Å². The van der Waals surface area contributed by atoms with E-state index >= 15 is 0 Å². The van der Waals surface area contributed by atoms with Crippen LogP contribution in [0.1, 0.15) is 23.7 Å². The van der Waals surface area contributed by atoms with E-state index in [-0.39, 0.29) is 12.5 Å². The summed E-state index contributed by atoms with van der Waals surface area (Å²) in [6.45, 7) is 2.18. The Kier molecular flexibility index (Phi) is 5.79. The largest absolute Gasteiger partial charge is 0.497 e. The first-order valence-electron chi connectivity index (χ1n) is 6.32. The van der Waals surface area contributed by atoms with Gasteiger partial charge in [0.1, 0.15) is 5.75 Å². The van der Waals surface area contributed by atoms with E-state index in [4.69, 9.17) is 15.2 Å². The van der Waals surface area contributed by atoms with Crippen molar-refractivity contribution in [1.82, 2.24) is 5.32 Å². The Labute approximate surface area is 118 Å². The van der Waals surface area contributed by atoms with Crippen molar-refractivity contribution in [2.75, 3.05) is 33.1 Å². The van der Waals surface area contributed by atoms with E-state index in [1.165, 1.54) is 7.11 Å². The summed E-state index contributed by atoms with van der Waals surface area (Å²) in [4.78, 5) is 12.1. The fraction of sp³-hybridized carbons (Fsp3) is 0.500. The maximum atomic E-state index is 12.1. The van der Waals surface area contributed by atoms with Crippen LogP contribution in [-0.2, 0) is 4.74 Å². The number of carbonyl (C=O) groups excluding carboxylic acids is 1. The quantitative estimate of drug-likeness (QED) is 0.643. The number of benzene rings is 1. The van der Waals surface area contributed by atoms with E-state index in [1.54, 1.807) is 32.2 Å². The minimum Gasteiger partial charge on any atom is -0.497 e. The molecule has 0 saturated carbocycles. The molecule has 1 aromatic carbocycles. The van der Waals surface area contributed by atoms with Crippen LogP contribution in [0.3, 0.4) is 0 Å². The van der Waals surface area contributed by atoms with Gasteiger partial charge in [-0.15, -0.1) is 0 Å². The van der Waals surface area contributed by atoms with Crippen LogP contribution in [0.5, 0.6) is 5.75 Å². The highest BCUT2D eigenvalue weighted by molar-refractivity contribution is 5.99. The Hall–Kier alpha value is -1.79. The number of nitrogens with one attached hydrogen (secondary N) is 1. The standard InChI is InChI=1S/C14H22N2O4/c1-14(18,6-7-19-2)9-16-13(17)11-8-10(20-3)4-5-12(11)15/h4-5,8,18H,6-7,9,15H2,1-3H3,(H,16,17). The molecule has 0 heterocycles. The maximum Gasteiger partial charge on any atom is 0.253 e. The number of hydrogen-bond acceptors (Lipinski definition) is 5. The molecule has 0 aromatic heterocycles. The van der Waals surface area contributed by atoms with Crippen molar-refractivity contribution < 1.29 is 19.4 Å². The molecule has 0 aliphatic carbocycles. The first-order chi connectivity index (χ1) is 9.39. The highest BCUT2D eigenvalue weighted by Gasteiger charge is 2.22. The fourth-order valence-electron chi connectivity index (χ4n) is 1.64. The Morgan fingerprint density at radius 3 is 2.75 bits per heavy atom. The maximum absolute atomic E-state index is 12.1. The highest BCUT2D eigenvalue weighted by Crippen LogP contribution is 2.19. The SMILES string of the molecule is COCCC(C)(O)CNC(=O)c1cc(OC)ccc1N. The molecule has 112 valence electrons. The lowest BCUT2D eigenvalue weighted by atomic mass is 10.0. The van der Waals surface area contributed by atoms with Gasteiger partial charge in [0.2, 0.25) is 0 Å². The number of methoxy groups -OCH3 is 2. The predicted octanol–water partition coefficient (Wildman–Crippen LogP) is 0.795. The fourth-order valence-corrected chi connectivity index (χ4v) is 1.64. The van der Waals surface area contributed by atoms with Crippen molar-refractivity contribution in [1.29, 1.82) is 0 Å². The average molecular weight is 282 g/mol. The molecule has 0 saturated heterocycles. The molecule has 1 amide bonds. The summed E-state index contributed by atoms with van der Waals surface area (Å²) in [6, 6.07) is 4.85. The molecule has 0 fully saturated rings. The van der Waals surface area contributed by atoms with Crippen LogP contribution in [0.4, 0.5) is 5.69 Å². The Bertz CT molecular complexity index is 460. The molecule has 1 unspecified atom stereocenters. The summed E-state index contributed by atoms with van der Waals surface area (Å²) in [7, 11) is 3.08. The Morgan fingerprint density at radius 1 is 1.45 bits per heavy atom. The van der Waals surface area contributed by atoms with Crippen LogP contribution in [0, 0.1) is 0 Å². The zero-order valence-electron chi connectivity index (χ0n) is 12.1. The van der Waals surface area contributed by atoms with Gasteiger partial charge in [-0.1, -0.05) is 0 Å². The van der Waals surface area contributed by atoms with Crippen molar-refractivity contribution in [3.8, 4) is 5.75 Å². The number of ether oxygens (including phenoxy) is 2. The monoisotopic (exact) mass is 282 g/mol. The van der Waals surface area contributed by atoms with Crippen molar-refractivity contribution >= 4 is 11.6 Å². The zero-order valence-corrected chi connectivity index (χ0v) is 12.1. The van der Waals surface area contributed by atoms with Crippen LogP contribution < -0.4 is 15.8 Å². The molecule has 0 aliphatic heterocycles. The molecule has 1 atom stereocenters. The lowest BCUT2D eigenvalue weighted by Crippen LogP contribution is -2.41. The van der Waals surface area contributed by atoms with E-state index < -0.39 is 5.60 Å². The first kappa shape index (κ1) is 16.3. The van der Waals surface area contributed by atoms with Gasteiger partial charge in [0, 0.05) is 32.4 Å². The molecule has 4 N–H and O–H groups in total. The topological polar surface area (TPSA) is 93.8 Å². The summed E-state index contributed by atoms with van der Waals surface area (Å²) >= 11 is 0. The van der Waals surface area contributed by atoms with Gasteiger partial charge in [0.15, 0.2) is 0 Å². The normalized spacial score (nSPS) is 13.6. The predicted molar refractivity (Wildman–Crippen MR) is 76.9 cm³/mol. The number of carbonyl (C=O) groups is 1. The minimum absolute atomic E-state index is 0.117. The van der Waals surface area contributed by atoms with Crippen LogP contribution in [0.2, 0.25) is 0 Å². The van der Waals surface area contributed by atoms with Gasteiger partial charge in [0.05, 0.1) is 18.3 Å². The van der Waals surface area contributed by atoms with Crippen molar-refractivity contribution in [3.63, 3.8) is 0 Å². The van der Waals surface area contributed by atoms with Crippen molar-refractivity contribution in [2.45, 2.75) is 18.9 Å². The average Bonchev–Trinajstić information content (AvgIpc) is 2.43. The van der Waals surface area contributed by atoms with Gasteiger partial charge in [0.25, 0.3) is 5.91 Å². The molecule has 0 aliphatic rings. The Balaban J connectivity index is 2.67. The summed E-state index contributed by atoms with van der Waals surface area (Å²) < 4.78 is 9.97. The molecule has 6 nitrogen and oxygen atoms in total. The number of anilines is 1. The highest BCUT2D eigenvalue weighted by atomic mass is 16.5. The molecule has 20 heavy (non-hydrogen) atoms. The number of aliphatic hydroxyl groups is 1. The van der Waals surface area contributed by atoms with Gasteiger partial charge < -0.3 is 25.6 Å². The zero-order chi connectivity index (χ0) is 15.2. The number of hydrogen-bond donors (Lipinski definition) is 3. The molecular formula is C14H22N2O4. The smallest absolute Gasteiger partial charge is 0.253 e. The third-order valence-corrected chi connectivity index (χ3v) is 2.98. The van der Waals surface area contributed by atoms with Gasteiger partial charge in [-0.25, -0.2) is 0 Å². The minimum atomic E-state index is -1.03. The number of amides is 1. The number of nitrogens with two attached hydrogens (primary N) is 1. The molecule has 0 radical (unpaired) electrons. The molecule has 0 spiro atoms. The van der Waals surface area contributed by atoms with Gasteiger partial charge in [-0.2, -0.15) is 0 Å². The number of nitrogen functional groups attached to an aromatic ring is 1. The van der Waals surface area contributed by atoms with Gasteiger partial charge >= 0.3 is 0 Å². The molecule has 0 bridgehead atoms. The van der Waals surface area contributed by atoms with Crippen LogP contribution in [0.15, 0.2) is 18.2 Å². The van der Waals surface area contributed by atoms with Gasteiger partial charge in [-0.3, -0.25) is 4.79 Å². The molecule has 6 heteroatoms. The summed E-state index contributed by atoms with van der Waals surface area (Å²) in [5.74, 6) is 0.203. The van der Waals surface area contributed by atoms with Gasteiger partial charge in [-0.05, 0) is 25.1 Å². The van der Waals surface area contributed by atoms with E-state index in [9.17, 15) is 9.90 Å². The second-order valence-electron chi connectivity index (χ2n) is 4.88. The second kappa shape index (κ2) is 7.12. The van der Waals surface area contributed by atoms with E-state index in [1.807, 2.05) is 0 Å². The van der Waals surface area contributed by atoms with Crippen LogP contribution in [0.25, 0.3) is 0 Å². The summed E-state index contributed by atoms with van der Waals surface area (Å²) in [5, 5.41) is 12.7. The van der Waals surface area contributed by atoms with Crippen molar-refractivity contribution in [2.24, 2.45) is 0 Å². The lowest BCUT2D eigenvalue weighted by Gasteiger charge is -2.23. The Morgan fingerprint density at radius 2 is 2.15 bits per heavy atom. The van der Waals surface area contributed by atoms with E-state index in [2.05, 4.69) is 5.32 Å². The van der Waals surface area contributed by atoms with Crippen LogP contribution in [-0.4, -0.2) is 44.0 Å². The third kappa shape index (κ3) is 4.71. The number of rotatable bonds is 7. The summed E-state index contributed by atoms with van der Waals surface area (Å²) in [5.41, 5.74) is 5.42. The molecule has 1 aromatic rings. The second-order valence-corrected chi connectivity index (χ2v) is 4.88. The van der Waals surface area contributed by atoms with E-state index in [0.29, 0.717) is 30.0 Å². The molecular weight excluding hydrogens is 260 g/mol. The lowest BCUT2D eigenvalue weighted by molar-refractivity contribution is 0.0244.